The normalized spacial score (nSPS) is 22.1. The van der Waals surface area contributed by atoms with Crippen molar-refractivity contribution in [2.24, 2.45) is 11.8 Å². The molecule has 2 saturated heterocycles. The van der Waals surface area contributed by atoms with E-state index in [-0.39, 0.29) is 11.8 Å². The minimum atomic E-state index is 0.0573. The predicted octanol–water partition coefficient (Wildman–Crippen LogP) is 1.14. The Morgan fingerprint density at radius 3 is 2.52 bits per heavy atom. The minimum absolute atomic E-state index is 0.0573. The van der Waals surface area contributed by atoms with Gasteiger partial charge in [0.05, 0.1) is 5.56 Å². The minimum Gasteiger partial charge on any atom is -0.363 e. The van der Waals surface area contributed by atoms with Gasteiger partial charge in [-0.05, 0) is 36.8 Å². The van der Waals surface area contributed by atoms with Crippen LogP contribution in [0.2, 0.25) is 0 Å². The number of pyridine rings is 1. The first-order valence-electron chi connectivity index (χ1n) is 8.24. The number of hydrogen-bond acceptors (Lipinski definition) is 4. The summed E-state index contributed by atoms with van der Waals surface area (Å²) >= 11 is 0. The van der Waals surface area contributed by atoms with Crippen LogP contribution in [0.1, 0.15) is 29.6 Å². The Balaban J connectivity index is 1.56. The first-order chi connectivity index (χ1) is 11.0. The summed E-state index contributed by atoms with van der Waals surface area (Å²) in [5, 5.41) is 2.91. The fraction of sp³-hybridized carbons (Fsp3) is 0.588. The number of amides is 2. The second kappa shape index (κ2) is 6.56. The van der Waals surface area contributed by atoms with Crippen LogP contribution in [-0.2, 0) is 4.79 Å². The van der Waals surface area contributed by atoms with Gasteiger partial charge >= 0.3 is 0 Å². The maximum absolute atomic E-state index is 12.6. The lowest BCUT2D eigenvalue weighted by molar-refractivity contribution is -0.119. The maximum atomic E-state index is 12.6. The van der Waals surface area contributed by atoms with Crippen LogP contribution < -0.4 is 10.2 Å². The molecule has 1 atom stereocenters. The molecular formula is C17H24N4O2. The molecule has 0 bridgehead atoms. The molecule has 2 fully saturated rings. The molecule has 3 rings (SSSR count). The lowest BCUT2D eigenvalue weighted by Crippen LogP contribution is -2.40. The molecule has 0 spiro atoms. The first-order valence-corrected chi connectivity index (χ1v) is 8.24. The van der Waals surface area contributed by atoms with Crippen molar-refractivity contribution in [3.63, 3.8) is 0 Å². The molecule has 2 aliphatic rings. The van der Waals surface area contributed by atoms with E-state index in [4.69, 9.17) is 0 Å². The summed E-state index contributed by atoms with van der Waals surface area (Å²) in [7, 11) is 3.86. The van der Waals surface area contributed by atoms with Crippen molar-refractivity contribution in [1.29, 1.82) is 0 Å². The molecule has 0 radical (unpaired) electrons. The lowest BCUT2D eigenvalue weighted by atomic mass is 9.83. The number of nitrogens with zero attached hydrogens (tertiary/aromatic N) is 3. The van der Waals surface area contributed by atoms with Crippen LogP contribution in [0, 0.1) is 11.8 Å². The molecule has 3 heterocycles. The van der Waals surface area contributed by atoms with E-state index >= 15 is 0 Å². The van der Waals surface area contributed by atoms with Crippen LogP contribution in [-0.4, -0.2) is 55.4 Å². The summed E-state index contributed by atoms with van der Waals surface area (Å²) in [6, 6.07) is 3.71. The Labute approximate surface area is 136 Å². The van der Waals surface area contributed by atoms with Gasteiger partial charge in [-0.2, -0.15) is 0 Å². The standard InChI is InChI=1S/C17H24N4O2/c1-20(2)15-4-3-13(10-18-15)17(23)21-7-5-12(6-8-21)14-9-16(22)19-11-14/h3-4,10,12,14H,5-9,11H2,1-2H3,(H,19,22). The highest BCUT2D eigenvalue weighted by Crippen LogP contribution is 2.29. The number of nitrogens with one attached hydrogen (secondary N) is 1. The molecular weight excluding hydrogens is 292 g/mol. The molecule has 1 unspecified atom stereocenters. The predicted molar refractivity (Wildman–Crippen MR) is 88.3 cm³/mol. The molecule has 0 saturated carbocycles. The third-order valence-electron chi connectivity index (χ3n) is 4.96. The Hall–Kier alpha value is -2.11. The van der Waals surface area contributed by atoms with Crippen molar-refractivity contribution in [2.75, 3.05) is 38.6 Å². The van der Waals surface area contributed by atoms with E-state index < -0.39 is 0 Å². The van der Waals surface area contributed by atoms with Crippen LogP contribution in [0.4, 0.5) is 5.82 Å². The summed E-state index contributed by atoms with van der Waals surface area (Å²) < 4.78 is 0. The molecule has 0 aromatic carbocycles. The second-order valence-electron chi connectivity index (χ2n) is 6.70. The number of anilines is 1. The number of aromatic nitrogens is 1. The third kappa shape index (κ3) is 3.46. The van der Waals surface area contributed by atoms with E-state index in [9.17, 15) is 9.59 Å². The Morgan fingerprint density at radius 2 is 2.00 bits per heavy atom. The monoisotopic (exact) mass is 316 g/mol. The zero-order chi connectivity index (χ0) is 16.4. The highest BCUT2D eigenvalue weighted by molar-refractivity contribution is 5.94. The average molecular weight is 316 g/mol. The smallest absolute Gasteiger partial charge is 0.255 e. The Morgan fingerprint density at radius 1 is 1.26 bits per heavy atom. The number of carbonyl (C=O) groups is 2. The van der Waals surface area contributed by atoms with Crippen molar-refractivity contribution in [3.8, 4) is 0 Å². The van der Waals surface area contributed by atoms with Crippen LogP contribution in [0.5, 0.6) is 0 Å². The molecule has 2 aliphatic heterocycles. The van der Waals surface area contributed by atoms with Gasteiger partial charge < -0.3 is 15.1 Å². The van der Waals surface area contributed by atoms with Gasteiger partial charge in [-0.25, -0.2) is 4.98 Å². The van der Waals surface area contributed by atoms with E-state index in [0.29, 0.717) is 23.8 Å². The van der Waals surface area contributed by atoms with Crippen molar-refractivity contribution in [2.45, 2.75) is 19.3 Å². The quantitative estimate of drug-likeness (QED) is 0.908. The van der Waals surface area contributed by atoms with Crippen molar-refractivity contribution >= 4 is 17.6 Å². The molecule has 2 amide bonds. The Kier molecular flexibility index (Phi) is 4.50. The van der Waals surface area contributed by atoms with Crippen molar-refractivity contribution in [1.82, 2.24) is 15.2 Å². The van der Waals surface area contributed by atoms with E-state index in [1.165, 1.54) is 0 Å². The molecule has 1 aromatic rings. The molecule has 124 valence electrons. The summed E-state index contributed by atoms with van der Waals surface area (Å²) in [6.07, 6.45) is 4.26. The molecule has 23 heavy (non-hydrogen) atoms. The molecule has 6 nitrogen and oxygen atoms in total. The highest BCUT2D eigenvalue weighted by atomic mass is 16.2. The fourth-order valence-electron chi connectivity index (χ4n) is 3.49. The molecule has 6 heteroatoms. The van der Waals surface area contributed by atoms with Gasteiger partial charge in [0.2, 0.25) is 5.91 Å². The van der Waals surface area contributed by atoms with E-state index in [0.717, 1.165) is 38.3 Å². The molecule has 0 aliphatic carbocycles. The van der Waals surface area contributed by atoms with Crippen LogP contribution in [0.25, 0.3) is 0 Å². The van der Waals surface area contributed by atoms with Gasteiger partial charge in [-0.1, -0.05) is 0 Å². The first kappa shape index (κ1) is 15.8. The summed E-state index contributed by atoms with van der Waals surface area (Å²) in [6.45, 7) is 2.33. The fourth-order valence-corrected chi connectivity index (χ4v) is 3.49. The number of rotatable bonds is 3. The van der Waals surface area contributed by atoms with E-state index in [1.54, 1.807) is 6.20 Å². The van der Waals surface area contributed by atoms with Gasteiger partial charge in [0.15, 0.2) is 0 Å². The van der Waals surface area contributed by atoms with Crippen LogP contribution >= 0.6 is 0 Å². The van der Waals surface area contributed by atoms with Crippen molar-refractivity contribution < 1.29 is 9.59 Å². The Bertz CT molecular complexity index is 577. The van der Waals surface area contributed by atoms with Crippen LogP contribution in [0.15, 0.2) is 18.3 Å². The lowest BCUT2D eigenvalue weighted by Gasteiger charge is -2.34. The van der Waals surface area contributed by atoms with E-state index in [2.05, 4.69) is 10.3 Å². The topological polar surface area (TPSA) is 65.5 Å². The highest BCUT2D eigenvalue weighted by Gasteiger charge is 2.33. The van der Waals surface area contributed by atoms with Gasteiger partial charge in [0.25, 0.3) is 5.91 Å². The summed E-state index contributed by atoms with van der Waals surface area (Å²) in [5.74, 6) is 2.06. The molecule has 1 N–H and O–H groups in total. The second-order valence-corrected chi connectivity index (χ2v) is 6.70. The third-order valence-corrected chi connectivity index (χ3v) is 4.96. The number of piperidine rings is 1. The van der Waals surface area contributed by atoms with Gasteiger partial charge in [-0.3, -0.25) is 9.59 Å². The SMILES string of the molecule is CN(C)c1ccc(C(=O)N2CCC(C3CNC(=O)C3)CC2)cn1. The zero-order valence-corrected chi connectivity index (χ0v) is 13.8. The summed E-state index contributed by atoms with van der Waals surface area (Å²) in [4.78, 5) is 32.0. The van der Waals surface area contributed by atoms with Gasteiger partial charge in [0, 0.05) is 46.3 Å². The van der Waals surface area contributed by atoms with Gasteiger partial charge in [-0.15, -0.1) is 0 Å². The number of carbonyl (C=O) groups excluding carboxylic acids is 2. The number of likely N-dealkylation sites (tertiary alicyclic amines) is 1. The van der Waals surface area contributed by atoms with Crippen molar-refractivity contribution in [3.05, 3.63) is 23.9 Å². The largest absolute Gasteiger partial charge is 0.363 e. The summed E-state index contributed by atoms with van der Waals surface area (Å²) in [5.41, 5.74) is 0.645. The molecule has 1 aromatic heterocycles. The maximum Gasteiger partial charge on any atom is 0.255 e. The average Bonchev–Trinajstić information content (AvgIpc) is 3.01. The zero-order valence-electron chi connectivity index (χ0n) is 13.8. The van der Waals surface area contributed by atoms with E-state index in [1.807, 2.05) is 36.0 Å². The van der Waals surface area contributed by atoms with Crippen LogP contribution in [0.3, 0.4) is 0 Å². The number of hydrogen-bond donors (Lipinski definition) is 1. The van der Waals surface area contributed by atoms with Gasteiger partial charge in [0.1, 0.15) is 5.82 Å².